The van der Waals surface area contributed by atoms with E-state index in [2.05, 4.69) is 22.0 Å². The SMILES string of the molecule is O=C(O)CC12CC(NC(=O)c3cccc4ccn(Cc5ccccc5)c34)(C1)C2. The van der Waals surface area contributed by atoms with E-state index in [1.807, 2.05) is 48.7 Å². The summed E-state index contributed by atoms with van der Waals surface area (Å²) in [6.07, 6.45) is 4.56. The quantitative estimate of drug-likeness (QED) is 0.689. The molecule has 0 atom stereocenters. The number of rotatable bonds is 6. The summed E-state index contributed by atoms with van der Waals surface area (Å²) in [6.45, 7) is 0.710. The van der Waals surface area contributed by atoms with E-state index in [0.717, 1.165) is 30.2 Å². The van der Waals surface area contributed by atoms with Crippen molar-refractivity contribution in [1.29, 1.82) is 0 Å². The lowest BCUT2D eigenvalue weighted by atomic mass is 9.38. The highest BCUT2D eigenvalue weighted by atomic mass is 16.4. The summed E-state index contributed by atoms with van der Waals surface area (Å²) in [4.78, 5) is 24.1. The Hall–Kier alpha value is -3.08. The van der Waals surface area contributed by atoms with Crippen LogP contribution in [0.3, 0.4) is 0 Å². The summed E-state index contributed by atoms with van der Waals surface area (Å²) in [5.41, 5.74) is 2.51. The summed E-state index contributed by atoms with van der Waals surface area (Å²) in [6, 6.07) is 18.0. The number of benzene rings is 2. The smallest absolute Gasteiger partial charge is 0.303 e. The molecule has 0 unspecified atom stereocenters. The predicted octanol–water partition coefficient (Wildman–Crippen LogP) is 3.82. The number of nitrogens with one attached hydrogen (secondary N) is 1. The molecule has 3 aromatic rings. The van der Waals surface area contributed by atoms with Gasteiger partial charge in [0, 0.05) is 23.7 Å². The molecule has 5 heteroatoms. The monoisotopic (exact) mass is 374 g/mol. The summed E-state index contributed by atoms with van der Waals surface area (Å²) >= 11 is 0. The lowest BCUT2D eigenvalue weighted by molar-refractivity contribution is -0.172. The van der Waals surface area contributed by atoms with Gasteiger partial charge >= 0.3 is 5.97 Å². The van der Waals surface area contributed by atoms with Crippen molar-refractivity contribution in [2.45, 2.75) is 37.8 Å². The molecular weight excluding hydrogens is 352 g/mol. The maximum atomic E-state index is 13.1. The van der Waals surface area contributed by atoms with Gasteiger partial charge in [0.15, 0.2) is 0 Å². The van der Waals surface area contributed by atoms with Gasteiger partial charge in [-0.15, -0.1) is 0 Å². The highest BCUT2D eigenvalue weighted by Gasteiger charge is 2.68. The third-order valence-corrected chi connectivity index (χ3v) is 6.27. The molecule has 2 bridgehead atoms. The van der Waals surface area contributed by atoms with Crippen molar-refractivity contribution >= 4 is 22.8 Å². The van der Waals surface area contributed by atoms with Crippen molar-refractivity contribution in [3.05, 3.63) is 71.9 Å². The number of hydrogen-bond acceptors (Lipinski definition) is 2. The number of para-hydroxylation sites is 1. The molecule has 142 valence electrons. The molecule has 0 radical (unpaired) electrons. The van der Waals surface area contributed by atoms with E-state index in [1.165, 1.54) is 5.56 Å². The second-order valence-electron chi connectivity index (χ2n) is 8.51. The summed E-state index contributed by atoms with van der Waals surface area (Å²) in [7, 11) is 0. The number of carboxylic acids is 1. The number of nitrogens with zero attached hydrogens (tertiary/aromatic N) is 1. The number of carboxylic acid groups (broad SMARTS) is 1. The molecule has 3 saturated carbocycles. The molecule has 28 heavy (non-hydrogen) atoms. The van der Waals surface area contributed by atoms with Crippen LogP contribution in [0.25, 0.3) is 10.9 Å². The maximum absolute atomic E-state index is 13.1. The van der Waals surface area contributed by atoms with Crippen molar-refractivity contribution in [1.82, 2.24) is 9.88 Å². The normalized spacial score (nSPS) is 25.0. The highest BCUT2D eigenvalue weighted by Crippen LogP contribution is 2.68. The van der Waals surface area contributed by atoms with Gasteiger partial charge in [0.05, 0.1) is 17.5 Å². The first-order valence-electron chi connectivity index (χ1n) is 9.64. The number of aromatic nitrogens is 1. The Balaban J connectivity index is 1.38. The molecule has 0 spiro atoms. The van der Waals surface area contributed by atoms with Crippen LogP contribution in [0.5, 0.6) is 0 Å². The second kappa shape index (κ2) is 5.96. The lowest BCUT2D eigenvalue weighted by Crippen LogP contribution is -2.75. The van der Waals surface area contributed by atoms with E-state index in [4.69, 9.17) is 5.11 Å². The first kappa shape index (κ1) is 17.0. The number of carbonyl (C=O) groups excluding carboxylic acids is 1. The zero-order valence-corrected chi connectivity index (χ0v) is 15.5. The Morgan fingerprint density at radius 1 is 1.00 bits per heavy atom. The first-order valence-corrected chi connectivity index (χ1v) is 9.64. The fourth-order valence-electron chi connectivity index (χ4n) is 5.30. The molecule has 1 aromatic heterocycles. The molecule has 2 N–H and O–H groups in total. The number of aliphatic carboxylic acids is 1. The van der Waals surface area contributed by atoms with Crippen LogP contribution >= 0.6 is 0 Å². The van der Waals surface area contributed by atoms with E-state index in [1.54, 1.807) is 0 Å². The minimum absolute atomic E-state index is 0.0674. The Morgan fingerprint density at radius 2 is 1.75 bits per heavy atom. The van der Waals surface area contributed by atoms with Crippen molar-refractivity contribution in [3.63, 3.8) is 0 Å². The van der Waals surface area contributed by atoms with Gasteiger partial charge in [-0.25, -0.2) is 0 Å². The van der Waals surface area contributed by atoms with Crippen LogP contribution in [-0.4, -0.2) is 27.1 Å². The maximum Gasteiger partial charge on any atom is 0.303 e. The van der Waals surface area contributed by atoms with Crippen molar-refractivity contribution < 1.29 is 14.7 Å². The minimum Gasteiger partial charge on any atom is -0.481 e. The fourth-order valence-corrected chi connectivity index (χ4v) is 5.30. The molecular formula is C23H22N2O3. The molecule has 3 aliphatic rings. The van der Waals surface area contributed by atoms with Gasteiger partial charge < -0.3 is 15.0 Å². The predicted molar refractivity (Wildman–Crippen MR) is 106 cm³/mol. The van der Waals surface area contributed by atoms with E-state index in [0.29, 0.717) is 12.1 Å². The molecule has 1 amide bonds. The van der Waals surface area contributed by atoms with Crippen molar-refractivity contribution in [2.75, 3.05) is 0 Å². The summed E-state index contributed by atoms with van der Waals surface area (Å²) < 4.78 is 2.12. The summed E-state index contributed by atoms with van der Waals surface area (Å²) in [5, 5.41) is 13.3. The van der Waals surface area contributed by atoms with E-state index in [-0.39, 0.29) is 23.3 Å². The zero-order valence-electron chi connectivity index (χ0n) is 15.5. The van der Waals surface area contributed by atoms with Gasteiger partial charge in [-0.05, 0) is 42.4 Å². The Labute approximate surface area is 163 Å². The lowest BCUT2D eigenvalue weighted by Gasteiger charge is -2.70. The Kier molecular flexibility index (Phi) is 3.63. The van der Waals surface area contributed by atoms with Crippen LogP contribution in [-0.2, 0) is 11.3 Å². The minimum atomic E-state index is -0.747. The van der Waals surface area contributed by atoms with Crippen molar-refractivity contribution in [2.24, 2.45) is 5.41 Å². The molecule has 2 aromatic carbocycles. The Morgan fingerprint density at radius 3 is 2.46 bits per heavy atom. The van der Waals surface area contributed by atoms with Crippen LogP contribution < -0.4 is 5.32 Å². The second-order valence-corrected chi connectivity index (χ2v) is 8.51. The standard InChI is InChI=1S/C23H22N2O3/c26-19(27)11-22-13-23(14-22,15-22)24-21(28)18-8-4-7-17-9-10-25(20(17)18)12-16-5-2-1-3-6-16/h1-10H,11-15H2,(H,24,28)(H,26,27). The first-order chi connectivity index (χ1) is 13.5. The van der Waals surface area contributed by atoms with Gasteiger partial charge in [-0.3, -0.25) is 9.59 Å². The average molecular weight is 374 g/mol. The molecule has 1 heterocycles. The fraction of sp³-hybridized carbons (Fsp3) is 0.304. The number of hydrogen-bond donors (Lipinski definition) is 2. The van der Waals surface area contributed by atoms with Crippen LogP contribution in [0.15, 0.2) is 60.8 Å². The number of amides is 1. The van der Waals surface area contributed by atoms with Crippen LogP contribution in [0.1, 0.15) is 41.6 Å². The van der Waals surface area contributed by atoms with Crippen LogP contribution in [0.4, 0.5) is 0 Å². The molecule has 3 aliphatic carbocycles. The van der Waals surface area contributed by atoms with Crippen LogP contribution in [0, 0.1) is 5.41 Å². The molecule has 6 rings (SSSR count). The van der Waals surface area contributed by atoms with E-state index >= 15 is 0 Å². The third-order valence-electron chi connectivity index (χ3n) is 6.27. The topological polar surface area (TPSA) is 71.3 Å². The molecule has 5 nitrogen and oxygen atoms in total. The Bertz CT molecular complexity index is 1060. The molecule has 0 saturated heterocycles. The number of fused-ring (bicyclic) bond motifs is 1. The summed E-state index contributed by atoms with van der Waals surface area (Å²) in [5.74, 6) is -0.814. The zero-order chi connectivity index (χ0) is 19.4. The van der Waals surface area contributed by atoms with E-state index in [9.17, 15) is 9.59 Å². The highest BCUT2D eigenvalue weighted by molar-refractivity contribution is 6.06. The van der Waals surface area contributed by atoms with Gasteiger partial charge in [0.2, 0.25) is 0 Å². The number of carbonyl (C=O) groups is 2. The van der Waals surface area contributed by atoms with Gasteiger partial charge in [0.1, 0.15) is 0 Å². The van der Waals surface area contributed by atoms with Gasteiger partial charge in [0.25, 0.3) is 5.91 Å². The average Bonchev–Trinajstić information content (AvgIpc) is 3.02. The van der Waals surface area contributed by atoms with Gasteiger partial charge in [-0.1, -0.05) is 42.5 Å². The van der Waals surface area contributed by atoms with Crippen LogP contribution in [0.2, 0.25) is 0 Å². The van der Waals surface area contributed by atoms with Gasteiger partial charge in [-0.2, -0.15) is 0 Å². The van der Waals surface area contributed by atoms with Crippen molar-refractivity contribution in [3.8, 4) is 0 Å². The largest absolute Gasteiger partial charge is 0.481 e. The molecule has 0 aliphatic heterocycles. The molecule has 3 fully saturated rings. The third kappa shape index (κ3) is 2.70. The van der Waals surface area contributed by atoms with E-state index < -0.39 is 5.97 Å².